The predicted octanol–water partition coefficient (Wildman–Crippen LogP) is 3.69. The average molecular weight is 405 g/mol. The molecule has 8 heteroatoms. The molecule has 1 aromatic heterocycles. The van der Waals surface area contributed by atoms with E-state index in [9.17, 15) is 13.7 Å². The van der Waals surface area contributed by atoms with Gasteiger partial charge in [0.25, 0.3) is 0 Å². The van der Waals surface area contributed by atoms with Crippen LogP contribution in [0.15, 0.2) is 34.7 Å². The molecule has 3 rings (SSSR count). The maximum Gasteiger partial charge on any atom is 0.246 e. The van der Waals surface area contributed by atoms with E-state index in [0.717, 1.165) is 11.1 Å². The van der Waals surface area contributed by atoms with Crippen LogP contribution in [0, 0.1) is 31.1 Å². The molecule has 1 fully saturated rings. The van der Waals surface area contributed by atoms with E-state index in [4.69, 9.17) is 11.6 Å². The van der Waals surface area contributed by atoms with Gasteiger partial charge in [-0.3, -0.25) is 5.10 Å². The summed E-state index contributed by atoms with van der Waals surface area (Å²) in [6, 6.07) is 9.44. The van der Waals surface area contributed by atoms with E-state index in [-0.39, 0.29) is 10.8 Å². The predicted molar refractivity (Wildman–Crippen MR) is 105 cm³/mol. The first-order valence-electron chi connectivity index (χ1n) is 8.66. The quantitative estimate of drug-likeness (QED) is 0.790. The number of sulfonamides is 1. The SMILES string of the molecule is Cc1n[nH]c(C)c1S(=O)(=O)N1CC/C(=C(\C#N)c2ccc(Cl)cc2)C(C)C1. The number of halogens is 1. The minimum Gasteiger partial charge on any atom is -0.281 e. The summed E-state index contributed by atoms with van der Waals surface area (Å²) in [4.78, 5) is 0.250. The van der Waals surface area contributed by atoms with Gasteiger partial charge in [-0.25, -0.2) is 8.42 Å². The molecule has 1 N–H and O–H groups in total. The van der Waals surface area contributed by atoms with Gasteiger partial charge in [-0.05, 0) is 49.5 Å². The number of aromatic amines is 1. The third-order valence-corrected chi connectivity index (χ3v) is 7.31. The molecule has 1 unspecified atom stereocenters. The summed E-state index contributed by atoms with van der Waals surface area (Å²) in [5.41, 5.74) is 3.40. The number of hydrogen-bond acceptors (Lipinski definition) is 4. The minimum atomic E-state index is -3.62. The lowest BCUT2D eigenvalue weighted by atomic mass is 9.87. The zero-order valence-corrected chi connectivity index (χ0v) is 17.0. The molecular formula is C19H21ClN4O2S. The second kappa shape index (κ2) is 7.47. The minimum absolute atomic E-state index is 0.0635. The smallest absolute Gasteiger partial charge is 0.246 e. The van der Waals surface area contributed by atoms with Gasteiger partial charge in [0.2, 0.25) is 10.0 Å². The van der Waals surface area contributed by atoms with Crippen LogP contribution < -0.4 is 0 Å². The second-order valence-corrected chi connectivity index (χ2v) is 9.11. The number of rotatable bonds is 3. The van der Waals surface area contributed by atoms with Crippen molar-refractivity contribution in [2.75, 3.05) is 13.1 Å². The molecule has 0 amide bonds. The number of aryl methyl sites for hydroxylation is 2. The molecule has 0 bridgehead atoms. The first-order chi connectivity index (χ1) is 12.8. The summed E-state index contributed by atoms with van der Waals surface area (Å²) in [5.74, 6) is -0.0635. The number of nitrogens with one attached hydrogen (secondary N) is 1. The van der Waals surface area contributed by atoms with Gasteiger partial charge in [0.1, 0.15) is 4.90 Å². The Bertz CT molecular complexity index is 1010. The van der Waals surface area contributed by atoms with E-state index in [1.165, 1.54) is 4.31 Å². The van der Waals surface area contributed by atoms with Crippen molar-refractivity contribution in [2.45, 2.75) is 32.1 Å². The fourth-order valence-electron chi connectivity index (χ4n) is 3.58. The molecule has 6 nitrogen and oxygen atoms in total. The monoisotopic (exact) mass is 404 g/mol. The van der Waals surface area contributed by atoms with Crippen molar-refractivity contribution in [1.82, 2.24) is 14.5 Å². The van der Waals surface area contributed by atoms with Crippen molar-refractivity contribution in [1.29, 1.82) is 5.26 Å². The molecule has 1 aliphatic heterocycles. The molecular weight excluding hydrogens is 384 g/mol. The largest absolute Gasteiger partial charge is 0.281 e. The van der Waals surface area contributed by atoms with Gasteiger partial charge in [0, 0.05) is 18.1 Å². The Morgan fingerprint density at radius 1 is 1.33 bits per heavy atom. The van der Waals surface area contributed by atoms with Crippen molar-refractivity contribution < 1.29 is 8.42 Å². The van der Waals surface area contributed by atoms with Crippen LogP contribution in [0.3, 0.4) is 0 Å². The molecule has 2 heterocycles. The van der Waals surface area contributed by atoms with E-state index in [1.807, 2.05) is 19.1 Å². The summed E-state index contributed by atoms with van der Waals surface area (Å²) in [5, 5.41) is 17.0. The highest BCUT2D eigenvalue weighted by Gasteiger charge is 2.34. The molecule has 0 aliphatic carbocycles. The topological polar surface area (TPSA) is 89.8 Å². The number of aromatic nitrogens is 2. The number of nitrogens with zero attached hydrogens (tertiary/aromatic N) is 3. The Morgan fingerprint density at radius 2 is 2.00 bits per heavy atom. The Labute approximate surface area is 164 Å². The molecule has 1 aromatic carbocycles. The van der Waals surface area contributed by atoms with Gasteiger partial charge < -0.3 is 0 Å². The number of H-pyrrole nitrogens is 1. The highest BCUT2D eigenvalue weighted by atomic mass is 35.5. The number of hydrogen-bond donors (Lipinski definition) is 1. The summed E-state index contributed by atoms with van der Waals surface area (Å²) in [6.45, 7) is 6.02. The van der Waals surface area contributed by atoms with Crippen LogP contribution in [0.1, 0.15) is 30.3 Å². The summed E-state index contributed by atoms with van der Waals surface area (Å²) in [6.07, 6.45) is 0.516. The zero-order chi connectivity index (χ0) is 19.8. The molecule has 1 saturated heterocycles. The third kappa shape index (κ3) is 3.65. The summed E-state index contributed by atoms with van der Waals surface area (Å²) >= 11 is 5.94. The van der Waals surface area contributed by atoms with Gasteiger partial charge in [-0.2, -0.15) is 14.7 Å². The van der Waals surface area contributed by atoms with E-state index >= 15 is 0 Å². The molecule has 27 heavy (non-hydrogen) atoms. The molecule has 1 aliphatic rings. The molecule has 0 spiro atoms. The van der Waals surface area contributed by atoms with Crippen molar-refractivity contribution >= 4 is 27.2 Å². The first kappa shape index (κ1) is 19.6. The Balaban J connectivity index is 1.91. The van der Waals surface area contributed by atoms with E-state index in [1.54, 1.807) is 26.0 Å². The van der Waals surface area contributed by atoms with Gasteiger partial charge in [-0.1, -0.05) is 30.7 Å². The van der Waals surface area contributed by atoms with Crippen LogP contribution in [-0.2, 0) is 10.0 Å². The van der Waals surface area contributed by atoms with Crippen LogP contribution in [0.2, 0.25) is 5.02 Å². The second-order valence-electron chi connectivity index (χ2n) is 6.80. The van der Waals surface area contributed by atoms with Crippen molar-refractivity contribution in [3.63, 3.8) is 0 Å². The normalized spacial score (nSPS) is 20.3. The van der Waals surface area contributed by atoms with Gasteiger partial charge in [-0.15, -0.1) is 0 Å². The van der Waals surface area contributed by atoms with E-state index < -0.39 is 10.0 Å². The van der Waals surface area contributed by atoms with Crippen LogP contribution in [0.4, 0.5) is 0 Å². The van der Waals surface area contributed by atoms with Gasteiger partial charge in [0.05, 0.1) is 23.0 Å². The number of piperidine rings is 1. The highest BCUT2D eigenvalue weighted by Crippen LogP contribution is 2.33. The lowest BCUT2D eigenvalue weighted by Gasteiger charge is -2.33. The zero-order valence-electron chi connectivity index (χ0n) is 15.5. The first-order valence-corrected chi connectivity index (χ1v) is 10.5. The van der Waals surface area contributed by atoms with Crippen molar-refractivity contribution in [3.8, 4) is 6.07 Å². The van der Waals surface area contributed by atoms with Crippen LogP contribution >= 0.6 is 11.6 Å². The van der Waals surface area contributed by atoms with Crippen LogP contribution in [-0.4, -0.2) is 36.0 Å². The number of allylic oxidation sites excluding steroid dienone is 1. The van der Waals surface area contributed by atoms with Gasteiger partial charge in [0.15, 0.2) is 0 Å². The molecule has 0 radical (unpaired) electrons. The maximum atomic E-state index is 13.1. The van der Waals surface area contributed by atoms with Crippen LogP contribution in [0.5, 0.6) is 0 Å². The fraction of sp³-hybridized carbons (Fsp3) is 0.368. The van der Waals surface area contributed by atoms with E-state index in [2.05, 4.69) is 16.3 Å². The summed E-state index contributed by atoms with van der Waals surface area (Å²) in [7, 11) is -3.62. The average Bonchev–Trinajstić information content (AvgIpc) is 2.97. The standard InChI is InChI=1S/C19H21ClN4O2S/c1-12-11-24(27(25,26)19-13(2)22-23-14(19)3)9-8-17(12)18(10-21)15-4-6-16(20)7-5-15/h4-7,12H,8-9,11H2,1-3H3,(H,22,23)/b18-17-. The number of benzene rings is 1. The fourth-order valence-corrected chi connectivity index (χ4v) is 5.56. The molecule has 142 valence electrons. The third-order valence-electron chi connectivity index (χ3n) is 4.93. The lowest BCUT2D eigenvalue weighted by Crippen LogP contribution is -2.40. The molecule has 0 saturated carbocycles. The lowest BCUT2D eigenvalue weighted by molar-refractivity contribution is 0.337. The Kier molecular flexibility index (Phi) is 5.43. The van der Waals surface area contributed by atoms with Crippen molar-refractivity contribution in [3.05, 3.63) is 51.8 Å². The molecule has 1 atom stereocenters. The van der Waals surface area contributed by atoms with E-state index in [0.29, 0.717) is 41.5 Å². The number of nitriles is 1. The van der Waals surface area contributed by atoms with Crippen molar-refractivity contribution in [2.24, 2.45) is 5.92 Å². The Morgan fingerprint density at radius 3 is 2.52 bits per heavy atom. The highest BCUT2D eigenvalue weighted by molar-refractivity contribution is 7.89. The van der Waals surface area contributed by atoms with Gasteiger partial charge >= 0.3 is 0 Å². The maximum absolute atomic E-state index is 13.1. The molecule has 2 aromatic rings. The Hall–Kier alpha value is -2.14. The van der Waals surface area contributed by atoms with Crippen LogP contribution in [0.25, 0.3) is 5.57 Å². The summed E-state index contributed by atoms with van der Waals surface area (Å²) < 4.78 is 27.6.